The topological polar surface area (TPSA) is 92.1 Å². The zero-order valence-corrected chi connectivity index (χ0v) is 14.9. The van der Waals surface area contributed by atoms with Crippen molar-refractivity contribution in [1.29, 1.82) is 0 Å². The molecule has 0 spiro atoms. The third kappa shape index (κ3) is 4.59. The van der Waals surface area contributed by atoms with Gasteiger partial charge in [-0.25, -0.2) is 9.67 Å². The number of hydrogen-bond donors (Lipinski definition) is 3. The molecule has 8 heteroatoms. The Morgan fingerprint density at radius 1 is 1.23 bits per heavy atom. The monoisotopic (exact) mass is 371 g/mol. The first-order valence-corrected chi connectivity index (χ1v) is 8.35. The van der Waals surface area contributed by atoms with E-state index in [1.807, 2.05) is 24.3 Å². The Hall–Kier alpha value is -2.90. The predicted octanol–water partition coefficient (Wildman–Crippen LogP) is 2.79. The first kappa shape index (κ1) is 17.9. The van der Waals surface area contributed by atoms with Crippen molar-refractivity contribution in [2.45, 2.75) is 20.1 Å². The summed E-state index contributed by atoms with van der Waals surface area (Å²) in [6.07, 6.45) is 1.72. The number of pyridine rings is 1. The number of nitrogens with one attached hydrogen (secondary N) is 2. The van der Waals surface area contributed by atoms with Crippen LogP contribution in [0.1, 0.15) is 18.2 Å². The first-order chi connectivity index (χ1) is 12.5. The molecule has 0 saturated heterocycles. The zero-order chi connectivity index (χ0) is 18.5. The summed E-state index contributed by atoms with van der Waals surface area (Å²) in [7, 11) is 0. The second-order valence-electron chi connectivity index (χ2n) is 5.67. The smallest absolute Gasteiger partial charge is 0.217 e. The van der Waals surface area contributed by atoms with Gasteiger partial charge in [-0.1, -0.05) is 11.6 Å². The quantitative estimate of drug-likeness (QED) is 0.619. The van der Waals surface area contributed by atoms with Crippen LogP contribution in [0.5, 0.6) is 0 Å². The number of aliphatic hydroxyl groups excluding tert-OH is 1. The van der Waals surface area contributed by atoms with E-state index in [0.29, 0.717) is 28.9 Å². The highest BCUT2D eigenvalue weighted by Gasteiger charge is 2.08. The van der Waals surface area contributed by atoms with Crippen LogP contribution in [0.2, 0.25) is 5.02 Å². The minimum Gasteiger partial charge on any atom is -0.390 e. The molecule has 2 heterocycles. The van der Waals surface area contributed by atoms with Gasteiger partial charge in [-0.3, -0.25) is 4.79 Å². The molecule has 1 amide bonds. The lowest BCUT2D eigenvalue weighted by Crippen LogP contribution is -2.19. The summed E-state index contributed by atoms with van der Waals surface area (Å²) >= 11 is 5.92. The lowest BCUT2D eigenvalue weighted by molar-refractivity contribution is -0.119. The average Bonchev–Trinajstić information content (AvgIpc) is 3.11. The molecule has 3 N–H and O–H groups in total. The fraction of sp³-hybridized carbons (Fsp3) is 0.167. The van der Waals surface area contributed by atoms with Gasteiger partial charge in [0.2, 0.25) is 5.91 Å². The number of carbonyl (C=O) groups excluding carboxylic acids is 1. The molecule has 0 radical (unpaired) electrons. The molecule has 0 unspecified atom stereocenters. The van der Waals surface area contributed by atoms with E-state index in [0.717, 1.165) is 11.3 Å². The molecule has 3 rings (SSSR count). The fourth-order valence-corrected chi connectivity index (χ4v) is 2.46. The molecule has 0 aliphatic carbocycles. The van der Waals surface area contributed by atoms with Crippen molar-refractivity contribution in [3.05, 3.63) is 64.9 Å². The SMILES string of the molecule is CC(=O)NCc1cc(Nc2ccc(Cl)cc2)nc(-n2ccc(CO)n2)c1. The molecular weight excluding hydrogens is 354 g/mol. The number of aromatic nitrogens is 3. The Labute approximate surface area is 155 Å². The van der Waals surface area contributed by atoms with Gasteiger partial charge in [-0.15, -0.1) is 0 Å². The molecule has 3 aromatic rings. The van der Waals surface area contributed by atoms with E-state index >= 15 is 0 Å². The Morgan fingerprint density at radius 3 is 2.65 bits per heavy atom. The van der Waals surface area contributed by atoms with E-state index in [1.165, 1.54) is 6.92 Å². The summed E-state index contributed by atoms with van der Waals surface area (Å²) in [4.78, 5) is 15.8. The molecule has 26 heavy (non-hydrogen) atoms. The Kier molecular flexibility index (Phi) is 5.50. The number of hydrogen-bond acceptors (Lipinski definition) is 5. The van der Waals surface area contributed by atoms with Crippen molar-refractivity contribution in [2.24, 2.45) is 0 Å². The van der Waals surface area contributed by atoms with Gasteiger partial charge in [0, 0.05) is 30.4 Å². The highest BCUT2D eigenvalue weighted by atomic mass is 35.5. The molecule has 0 aliphatic rings. The summed E-state index contributed by atoms with van der Waals surface area (Å²) in [5.41, 5.74) is 2.25. The van der Waals surface area contributed by atoms with Gasteiger partial charge in [0.05, 0.1) is 12.3 Å². The Balaban J connectivity index is 1.93. The number of aliphatic hydroxyl groups is 1. The number of carbonyl (C=O) groups is 1. The maximum absolute atomic E-state index is 11.2. The van der Waals surface area contributed by atoms with E-state index in [-0.39, 0.29) is 12.5 Å². The third-order valence-electron chi connectivity index (χ3n) is 3.57. The van der Waals surface area contributed by atoms with E-state index in [1.54, 1.807) is 29.1 Å². The number of halogens is 1. The maximum Gasteiger partial charge on any atom is 0.217 e. The molecule has 0 aliphatic heterocycles. The van der Waals surface area contributed by atoms with Crippen molar-refractivity contribution >= 4 is 29.0 Å². The van der Waals surface area contributed by atoms with Crippen molar-refractivity contribution in [1.82, 2.24) is 20.1 Å². The van der Waals surface area contributed by atoms with Crippen LogP contribution in [0, 0.1) is 0 Å². The second-order valence-corrected chi connectivity index (χ2v) is 6.11. The number of amides is 1. The fourth-order valence-electron chi connectivity index (χ4n) is 2.34. The van der Waals surface area contributed by atoms with Crippen molar-refractivity contribution in [2.75, 3.05) is 5.32 Å². The molecule has 0 saturated carbocycles. The van der Waals surface area contributed by atoms with E-state index in [2.05, 4.69) is 20.7 Å². The Bertz CT molecular complexity index is 908. The summed E-state index contributed by atoms with van der Waals surface area (Å²) in [5.74, 6) is 1.06. The van der Waals surface area contributed by atoms with Crippen LogP contribution in [0.25, 0.3) is 5.82 Å². The summed E-state index contributed by atoms with van der Waals surface area (Å²) in [6.45, 7) is 1.69. The van der Waals surface area contributed by atoms with Gasteiger partial charge < -0.3 is 15.7 Å². The van der Waals surface area contributed by atoms with Gasteiger partial charge in [0.25, 0.3) is 0 Å². The van der Waals surface area contributed by atoms with Crippen molar-refractivity contribution < 1.29 is 9.90 Å². The average molecular weight is 372 g/mol. The van der Waals surface area contributed by atoms with Crippen LogP contribution in [-0.2, 0) is 17.9 Å². The van der Waals surface area contributed by atoms with Crippen LogP contribution in [0.3, 0.4) is 0 Å². The number of rotatable bonds is 6. The summed E-state index contributed by atoms with van der Waals surface area (Å²) in [6, 6.07) is 12.7. The molecule has 7 nitrogen and oxygen atoms in total. The molecule has 0 bridgehead atoms. The second kappa shape index (κ2) is 7.99. The van der Waals surface area contributed by atoms with Crippen LogP contribution < -0.4 is 10.6 Å². The highest BCUT2D eigenvalue weighted by Crippen LogP contribution is 2.20. The van der Waals surface area contributed by atoms with E-state index < -0.39 is 0 Å². The van der Waals surface area contributed by atoms with Crippen molar-refractivity contribution in [3.8, 4) is 5.82 Å². The van der Waals surface area contributed by atoms with Gasteiger partial charge in [0.15, 0.2) is 5.82 Å². The largest absolute Gasteiger partial charge is 0.390 e. The normalized spacial score (nSPS) is 10.6. The Morgan fingerprint density at radius 2 is 2.00 bits per heavy atom. The van der Waals surface area contributed by atoms with Crippen LogP contribution >= 0.6 is 11.6 Å². The molecule has 1 aromatic carbocycles. The summed E-state index contributed by atoms with van der Waals surface area (Å²) < 4.78 is 1.58. The van der Waals surface area contributed by atoms with Crippen molar-refractivity contribution in [3.63, 3.8) is 0 Å². The summed E-state index contributed by atoms with van der Waals surface area (Å²) in [5, 5.41) is 20.1. The molecular formula is C18H18ClN5O2. The van der Waals surface area contributed by atoms with Gasteiger partial charge in [-0.2, -0.15) is 5.10 Å². The number of benzene rings is 1. The number of anilines is 2. The van der Waals surface area contributed by atoms with Gasteiger partial charge in [-0.05, 0) is 48.0 Å². The lowest BCUT2D eigenvalue weighted by Gasteiger charge is -2.11. The molecule has 0 fully saturated rings. The standard InChI is InChI=1S/C18H18ClN5O2/c1-12(26)20-10-13-8-17(21-15-4-2-14(19)3-5-15)22-18(9-13)24-7-6-16(11-25)23-24/h2-9,25H,10-11H2,1H3,(H,20,26)(H,21,22). The van der Waals surface area contributed by atoms with E-state index in [9.17, 15) is 9.90 Å². The predicted molar refractivity (Wildman–Crippen MR) is 99.5 cm³/mol. The first-order valence-electron chi connectivity index (χ1n) is 7.97. The van der Waals surface area contributed by atoms with E-state index in [4.69, 9.17) is 11.6 Å². The third-order valence-corrected chi connectivity index (χ3v) is 3.82. The lowest BCUT2D eigenvalue weighted by atomic mass is 10.2. The minimum absolute atomic E-state index is 0.114. The molecule has 134 valence electrons. The highest BCUT2D eigenvalue weighted by molar-refractivity contribution is 6.30. The zero-order valence-electron chi connectivity index (χ0n) is 14.1. The van der Waals surface area contributed by atoms with Crippen LogP contribution in [0.15, 0.2) is 48.7 Å². The maximum atomic E-state index is 11.2. The van der Waals surface area contributed by atoms with Gasteiger partial charge >= 0.3 is 0 Å². The minimum atomic E-state index is -0.144. The number of nitrogens with zero attached hydrogens (tertiary/aromatic N) is 3. The van der Waals surface area contributed by atoms with Gasteiger partial charge in [0.1, 0.15) is 5.82 Å². The molecule has 2 aromatic heterocycles. The van der Waals surface area contributed by atoms with Crippen LogP contribution in [0.4, 0.5) is 11.5 Å². The van der Waals surface area contributed by atoms with Crippen LogP contribution in [-0.4, -0.2) is 25.8 Å². The molecule has 0 atom stereocenters.